The first kappa shape index (κ1) is 30.4. The molecule has 38 heavy (non-hydrogen) atoms. The van der Waals surface area contributed by atoms with Crippen LogP contribution < -0.4 is 0 Å². The van der Waals surface area contributed by atoms with Gasteiger partial charge in [0, 0.05) is 17.8 Å². The standard InChI is InChI=1S/C28H48O9S/c1-16(6-7-17(2)27(5,32)15-37-38(34,35)36)21-13-22(30)24-19-12-23(31)28(33)14-18(29)8-11-26(28,4)20(19)9-10-25(21,24)3/h6-7,16-24,29-33H,8-15H2,1-5H3,(H,34,35,36)/b7-6+/t16-,17-,18+,19-,20?,21-,22+,23-,24-,25-,26-,27+,28+/m1/s1. The van der Waals surface area contributed by atoms with Crippen molar-refractivity contribution in [1.82, 2.24) is 0 Å². The van der Waals surface area contributed by atoms with Gasteiger partial charge in [0.05, 0.1) is 36.1 Å². The van der Waals surface area contributed by atoms with Crippen LogP contribution in [0.2, 0.25) is 0 Å². The van der Waals surface area contributed by atoms with Crippen molar-refractivity contribution in [1.29, 1.82) is 0 Å². The van der Waals surface area contributed by atoms with E-state index in [2.05, 4.69) is 25.0 Å². The van der Waals surface area contributed by atoms with E-state index < -0.39 is 57.9 Å². The molecule has 0 spiro atoms. The van der Waals surface area contributed by atoms with Crippen LogP contribution in [0.15, 0.2) is 12.2 Å². The van der Waals surface area contributed by atoms with Crippen LogP contribution in [0.4, 0.5) is 0 Å². The molecule has 10 heteroatoms. The Hall–Kier alpha value is -0.590. The molecule has 6 N–H and O–H groups in total. The van der Waals surface area contributed by atoms with E-state index >= 15 is 0 Å². The van der Waals surface area contributed by atoms with E-state index in [1.165, 1.54) is 6.92 Å². The first-order valence-corrected chi connectivity index (χ1v) is 15.5. The fourth-order valence-corrected chi connectivity index (χ4v) is 9.59. The van der Waals surface area contributed by atoms with Gasteiger partial charge in [0.2, 0.25) is 0 Å². The highest BCUT2D eigenvalue weighted by Crippen LogP contribution is 2.69. The van der Waals surface area contributed by atoms with E-state index in [1.54, 1.807) is 6.92 Å². The van der Waals surface area contributed by atoms with Gasteiger partial charge in [0.15, 0.2) is 0 Å². The number of rotatable bonds is 7. The lowest BCUT2D eigenvalue weighted by molar-refractivity contribution is -0.268. The molecule has 0 aromatic heterocycles. The Bertz CT molecular complexity index is 1010. The maximum atomic E-state index is 11.7. The molecule has 4 rings (SSSR count). The monoisotopic (exact) mass is 560 g/mol. The largest absolute Gasteiger partial charge is 0.397 e. The SMILES string of the molecule is C[C@H](/C=C/[C@@H](C)[C@@](C)(O)COS(=O)(=O)O)[C@H]1C[C@H](O)[C@H]2[C@@H]3C[C@@H](O)[C@@]4(O)C[C@@H](O)CC[C@]4(C)C3CC[C@@]21C. The third-order valence-electron chi connectivity index (χ3n) is 11.7. The van der Waals surface area contributed by atoms with Gasteiger partial charge in [-0.05, 0) is 80.5 Å². The van der Waals surface area contributed by atoms with Crippen molar-refractivity contribution >= 4 is 10.4 Å². The summed E-state index contributed by atoms with van der Waals surface area (Å²) in [5.41, 5.74) is -3.50. The molecule has 4 aliphatic carbocycles. The maximum Gasteiger partial charge on any atom is 0.397 e. The third-order valence-corrected chi connectivity index (χ3v) is 12.1. The maximum absolute atomic E-state index is 11.7. The van der Waals surface area contributed by atoms with Crippen LogP contribution in [0.25, 0.3) is 0 Å². The van der Waals surface area contributed by atoms with Gasteiger partial charge in [-0.1, -0.05) is 39.8 Å². The highest BCUT2D eigenvalue weighted by Gasteiger charge is 2.68. The molecule has 0 amide bonds. The van der Waals surface area contributed by atoms with Crippen molar-refractivity contribution in [2.45, 2.75) is 109 Å². The van der Waals surface area contributed by atoms with Crippen molar-refractivity contribution in [2.75, 3.05) is 6.61 Å². The molecule has 0 aliphatic heterocycles. The summed E-state index contributed by atoms with van der Waals surface area (Å²) < 4.78 is 35.1. The van der Waals surface area contributed by atoms with Gasteiger partial charge in [0.25, 0.3) is 0 Å². The lowest BCUT2D eigenvalue weighted by atomic mass is 9.42. The van der Waals surface area contributed by atoms with E-state index in [0.29, 0.717) is 25.7 Å². The fraction of sp³-hybridized carbons (Fsp3) is 0.929. The predicted molar refractivity (Wildman–Crippen MR) is 141 cm³/mol. The third kappa shape index (κ3) is 5.02. The normalized spacial score (nSPS) is 48.6. The minimum absolute atomic E-state index is 0.00586. The van der Waals surface area contributed by atoms with Crippen molar-refractivity contribution in [3.63, 3.8) is 0 Å². The van der Waals surface area contributed by atoms with Gasteiger partial charge >= 0.3 is 10.4 Å². The van der Waals surface area contributed by atoms with E-state index in [0.717, 1.165) is 12.8 Å². The van der Waals surface area contributed by atoms with Gasteiger partial charge in [-0.25, -0.2) is 4.18 Å². The van der Waals surface area contributed by atoms with Crippen molar-refractivity contribution < 1.29 is 42.7 Å². The molecule has 1 unspecified atom stereocenters. The highest BCUT2D eigenvalue weighted by molar-refractivity contribution is 7.80. The summed E-state index contributed by atoms with van der Waals surface area (Å²) in [4.78, 5) is 0. The van der Waals surface area contributed by atoms with Crippen LogP contribution in [0.1, 0.15) is 79.6 Å². The Morgan fingerprint density at radius 1 is 1.08 bits per heavy atom. The zero-order valence-corrected chi connectivity index (χ0v) is 24.1. The van der Waals surface area contributed by atoms with Gasteiger partial charge < -0.3 is 25.5 Å². The van der Waals surface area contributed by atoms with E-state index in [9.17, 15) is 34.0 Å². The summed E-state index contributed by atoms with van der Waals surface area (Å²) in [6, 6.07) is 0. The first-order valence-electron chi connectivity index (χ1n) is 14.1. The molecular weight excluding hydrogens is 512 g/mol. The van der Waals surface area contributed by atoms with Crippen molar-refractivity contribution in [3.05, 3.63) is 12.2 Å². The molecule has 0 heterocycles. The van der Waals surface area contributed by atoms with Gasteiger partial charge in [-0.3, -0.25) is 4.55 Å². The van der Waals surface area contributed by atoms with Crippen molar-refractivity contribution in [3.8, 4) is 0 Å². The average Bonchev–Trinajstić information content (AvgIpc) is 3.08. The number of hydrogen-bond donors (Lipinski definition) is 6. The first-order chi connectivity index (χ1) is 17.4. The zero-order chi connectivity index (χ0) is 28.5. The Morgan fingerprint density at radius 2 is 1.74 bits per heavy atom. The number of allylic oxidation sites excluding steroid dienone is 1. The van der Waals surface area contributed by atoms with Crippen LogP contribution in [-0.2, 0) is 14.6 Å². The van der Waals surface area contributed by atoms with Crippen LogP contribution in [0.5, 0.6) is 0 Å². The molecule has 4 fully saturated rings. The Kier molecular flexibility index (Phi) is 8.03. The fourth-order valence-electron chi connectivity index (χ4n) is 9.20. The summed E-state index contributed by atoms with van der Waals surface area (Å²) in [7, 11) is -4.65. The second-order valence-corrected chi connectivity index (χ2v) is 14.9. The molecule has 220 valence electrons. The molecular formula is C28H48O9S. The molecule has 0 bridgehead atoms. The molecule has 0 aromatic carbocycles. The number of aliphatic hydroxyl groups excluding tert-OH is 3. The quantitative estimate of drug-likeness (QED) is 0.203. The Labute approximate surface area is 227 Å². The summed E-state index contributed by atoms with van der Waals surface area (Å²) in [5, 5.41) is 55.3. The van der Waals surface area contributed by atoms with Crippen LogP contribution >= 0.6 is 0 Å². The Balaban J connectivity index is 1.52. The van der Waals surface area contributed by atoms with Crippen LogP contribution in [0.3, 0.4) is 0 Å². The molecule has 4 saturated carbocycles. The molecule has 9 nitrogen and oxygen atoms in total. The Morgan fingerprint density at radius 3 is 2.37 bits per heavy atom. The van der Waals surface area contributed by atoms with Crippen molar-refractivity contribution in [2.24, 2.45) is 46.3 Å². The number of fused-ring (bicyclic) bond motifs is 5. The van der Waals surface area contributed by atoms with Crippen LogP contribution in [-0.4, -0.2) is 74.6 Å². The highest BCUT2D eigenvalue weighted by atomic mass is 32.3. The molecule has 0 saturated heterocycles. The second kappa shape index (κ2) is 10.0. The molecule has 0 aromatic rings. The number of hydrogen-bond acceptors (Lipinski definition) is 8. The summed E-state index contributed by atoms with van der Waals surface area (Å²) in [6.07, 6.45) is 6.10. The topological polar surface area (TPSA) is 165 Å². The second-order valence-electron chi connectivity index (χ2n) is 13.8. The number of aliphatic hydroxyl groups is 5. The minimum Gasteiger partial charge on any atom is -0.393 e. The van der Waals surface area contributed by atoms with E-state index in [4.69, 9.17) is 4.55 Å². The average molecular weight is 561 g/mol. The summed E-state index contributed by atoms with van der Waals surface area (Å²) in [6.45, 7) is 9.06. The molecule has 4 aliphatic rings. The lowest BCUT2D eigenvalue weighted by Gasteiger charge is -2.65. The summed E-state index contributed by atoms with van der Waals surface area (Å²) in [5.74, 6) is 0.0304. The van der Waals surface area contributed by atoms with Crippen LogP contribution in [0, 0.1) is 46.3 Å². The molecule has 13 atom stereocenters. The lowest BCUT2D eigenvalue weighted by Crippen LogP contribution is -2.69. The van der Waals surface area contributed by atoms with Gasteiger partial charge in [-0.2, -0.15) is 8.42 Å². The minimum atomic E-state index is -4.65. The van der Waals surface area contributed by atoms with Gasteiger partial charge in [0.1, 0.15) is 0 Å². The zero-order valence-electron chi connectivity index (χ0n) is 23.3. The smallest absolute Gasteiger partial charge is 0.393 e. The predicted octanol–water partition coefficient (Wildman–Crippen LogP) is 2.46. The summed E-state index contributed by atoms with van der Waals surface area (Å²) >= 11 is 0. The van der Waals surface area contributed by atoms with E-state index in [1.807, 2.05) is 12.2 Å². The van der Waals surface area contributed by atoms with E-state index in [-0.39, 0.29) is 41.4 Å². The molecule has 0 radical (unpaired) electrons. The van der Waals surface area contributed by atoms with Gasteiger partial charge in [-0.15, -0.1) is 0 Å².